The van der Waals surface area contributed by atoms with Crippen molar-refractivity contribution in [3.05, 3.63) is 60.8 Å². The lowest BCUT2D eigenvalue weighted by Crippen LogP contribution is -2.64. The Kier molecular flexibility index (Phi) is 38.7. The summed E-state index contributed by atoms with van der Waals surface area (Å²) < 4.78 is 34.3. The number of hydrogen-bond acceptors (Lipinski definition) is 11. The van der Waals surface area contributed by atoms with Crippen molar-refractivity contribution in [2.45, 2.75) is 236 Å². The third-order valence-corrected chi connectivity index (χ3v) is 12.4. The molecule has 13 heteroatoms. The van der Waals surface area contributed by atoms with Crippen molar-refractivity contribution < 1.29 is 58.3 Å². The normalized spacial score (nSPS) is 22.2. The van der Waals surface area contributed by atoms with E-state index in [2.05, 4.69) is 74.6 Å². The van der Waals surface area contributed by atoms with E-state index in [0.29, 0.717) is 13.0 Å². The average Bonchev–Trinajstić information content (AvgIpc) is 3.28. The number of aliphatic hydroxyl groups is 5. The topological polar surface area (TPSA) is 192 Å². The highest BCUT2D eigenvalue weighted by molar-refractivity contribution is 7.47. The molecule has 1 saturated carbocycles. The molecule has 6 atom stereocenters. The maximum atomic E-state index is 12.8. The van der Waals surface area contributed by atoms with Gasteiger partial charge >= 0.3 is 13.8 Å². The maximum absolute atomic E-state index is 12.8. The van der Waals surface area contributed by atoms with Crippen molar-refractivity contribution >= 4 is 13.8 Å². The first kappa shape index (κ1) is 60.1. The number of phosphoric acid groups is 1. The van der Waals surface area contributed by atoms with Gasteiger partial charge in [-0.3, -0.25) is 13.8 Å². The smallest absolute Gasteiger partial charge is 0.457 e. The Bertz CT molecular complexity index is 1290. The van der Waals surface area contributed by atoms with Crippen LogP contribution in [-0.4, -0.2) is 98.9 Å². The molecule has 0 aliphatic heterocycles. The summed E-state index contributed by atoms with van der Waals surface area (Å²) in [6.45, 7) is 4.13. The summed E-state index contributed by atoms with van der Waals surface area (Å²) in [7, 11) is -5.03. The molecule has 0 amide bonds. The number of carbonyl (C=O) groups is 1. The zero-order chi connectivity index (χ0) is 46.9. The van der Waals surface area contributed by atoms with Gasteiger partial charge in [-0.05, 0) is 77.0 Å². The van der Waals surface area contributed by atoms with Crippen LogP contribution in [0.4, 0.5) is 0 Å². The number of allylic oxidation sites excluding steroid dienone is 10. The zero-order valence-electron chi connectivity index (χ0n) is 39.8. The van der Waals surface area contributed by atoms with Crippen LogP contribution in [0.25, 0.3) is 0 Å². The molecule has 64 heavy (non-hydrogen) atoms. The van der Waals surface area contributed by atoms with Crippen LogP contribution in [0.5, 0.6) is 0 Å². The molecule has 0 bridgehead atoms. The molecule has 0 aromatic rings. The zero-order valence-corrected chi connectivity index (χ0v) is 40.7. The van der Waals surface area contributed by atoms with Crippen molar-refractivity contribution in [1.29, 1.82) is 0 Å². The largest absolute Gasteiger partial charge is 0.472 e. The van der Waals surface area contributed by atoms with Crippen molar-refractivity contribution in [3.8, 4) is 0 Å². The molecule has 372 valence electrons. The number of unbranched alkanes of at least 4 members (excludes halogenated alkanes) is 20. The fourth-order valence-electron chi connectivity index (χ4n) is 7.40. The molecule has 0 heterocycles. The summed E-state index contributed by atoms with van der Waals surface area (Å²) in [5, 5.41) is 50.3. The Morgan fingerprint density at radius 2 is 0.922 bits per heavy atom. The van der Waals surface area contributed by atoms with Gasteiger partial charge in [0.2, 0.25) is 0 Å². The fraction of sp³-hybridized carbons (Fsp3) is 0.784. The van der Waals surface area contributed by atoms with E-state index in [9.17, 15) is 39.8 Å². The van der Waals surface area contributed by atoms with E-state index in [-0.39, 0.29) is 13.0 Å². The van der Waals surface area contributed by atoms with Gasteiger partial charge in [-0.1, -0.05) is 171 Å². The predicted octanol–water partition coefficient (Wildman–Crippen LogP) is 11.0. The quantitative estimate of drug-likeness (QED) is 0.0147. The highest BCUT2D eigenvalue weighted by Gasteiger charge is 2.51. The molecule has 1 rings (SSSR count). The van der Waals surface area contributed by atoms with Gasteiger partial charge in [-0.25, -0.2) is 4.57 Å². The number of ether oxygens (including phenoxy) is 2. The van der Waals surface area contributed by atoms with E-state index in [0.717, 1.165) is 96.3 Å². The second kappa shape index (κ2) is 41.2. The first-order chi connectivity index (χ1) is 31.0. The van der Waals surface area contributed by atoms with Crippen LogP contribution in [0.2, 0.25) is 0 Å². The third kappa shape index (κ3) is 32.7. The summed E-state index contributed by atoms with van der Waals surface area (Å²) in [6.07, 6.45) is 39.9. The minimum atomic E-state index is -5.03. The minimum absolute atomic E-state index is 0.0866. The average molecular weight is 927 g/mol. The molecule has 0 saturated heterocycles. The summed E-state index contributed by atoms with van der Waals surface area (Å²) in [4.78, 5) is 23.2. The standard InChI is InChI=1S/C51H91O12P/c1-3-5-7-9-11-13-15-17-19-21-23-24-26-28-30-32-34-36-38-40-45(52)62-44(43-61-64(58,59)63-51-49(56)47(54)46(53)48(55)50(51)57)42-60-41-39-37-35-33-31-29-27-25-22-20-18-16-14-12-10-8-6-4-2/h5,7,11,13,17-20,23-24,44,46-51,53-57H,3-4,6,8-10,12,14-16,21-22,25-43H2,1-2H3,(H,58,59)/b7-5-,13-11-,19-17-,20-18-,24-23-. The fourth-order valence-corrected chi connectivity index (χ4v) is 8.37. The number of phosphoric ester groups is 1. The monoisotopic (exact) mass is 927 g/mol. The lowest BCUT2D eigenvalue weighted by atomic mass is 9.85. The Labute approximate surface area is 387 Å². The number of hydrogen-bond donors (Lipinski definition) is 6. The highest BCUT2D eigenvalue weighted by atomic mass is 31.2. The highest BCUT2D eigenvalue weighted by Crippen LogP contribution is 2.47. The first-order valence-corrected chi connectivity index (χ1v) is 26.6. The molecule has 0 spiro atoms. The summed E-state index contributed by atoms with van der Waals surface area (Å²) in [5.74, 6) is -0.493. The molecule has 1 aliphatic rings. The number of aliphatic hydroxyl groups excluding tert-OH is 5. The molecule has 6 N–H and O–H groups in total. The summed E-state index contributed by atoms with van der Waals surface area (Å²) >= 11 is 0. The van der Waals surface area contributed by atoms with Gasteiger partial charge in [0.25, 0.3) is 0 Å². The Balaban J connectivity index is 2.37. The predicted molar refractivity (Wildman–Crippen MR) is 258 cm³/mol. The lowest BCUT2D eigenvalue weighted by molar-refractivity contribution is -0.220. The second-order valence-electron chi connectivity index (χ2n) is 17.3. The molecule has 1 fully saturated rings. The van der Waals surface area contributed by atoms with Gasteiger partial charge in [0, 0.05) is 13.0 Å². The van der Waals surface area contributed by atoms with Gasteiger partial charge in [-0.15, -0.1) is 0 Å². The number of rotatable bonds is 42. The Hall–Kier alpha value is -1.96. The van der Waals surface area contributed by atoms with E-state index < -0.39 is 63.1 Å². The molecule has 0 aromatic carbocycles. The molecule has 0 radical (unpaired) electrons. The molecule has 12 nitrogen and oxygen atoms in total. The summed E-state index contributed by atoms with van der Waals surface area (Å²) in [5.41, 5.74) is 0. The van der Waals surface area contributed by atoms with Gasteiger partial charge in [0.05, 0.1) is 13.2 Å². The molecule has 0 aromatic heterocycles. The molecular weight excluding hydrogens is 836 g/mol. The third-order valence-electron chi connectivity index (χ3n) is 11.4. The SMILES string of the molecule is CC/C=C\C/C=C\C/C=C\C/C=C\CCCCCCCCC(=O)OC(COCCCCCCCCCC/C=C\CCCCCCCC)COP(=O)(O)OC1C(O)C(O)C(O)C(O)C1O. The lowest BCUT2D eigenvalue weighted by Gasteiger charge is -2.41. The van der Waals surface area contributed by atoms with E-state index in [1.807, 2.05) is 0 Å². The van der Waals surface area contributed by atoms with Crippen molar-refractivity contribution in [1.82, 2.24) is 0 Å². The van der Waals surface area contributed by atoms with Gasteiger partial charge in [-0.2, -0.15) is 0 Å². The van der Waals surface area contributed by atoms with Crippen molar-refractivity contribution in [3.63, 3.8) is 0 Å². The summed E-state index contributed by atoms with van der Waals surface area (Å²) in [6, 6.07) is 0. The molecular formula is C51H91O12P. The number of esters is 1. The molecule has 6 unspecified atom stereocenters. The first-order valence-electron chi connectivity index (χ1n) is 25.1. The van der Waals surface area contributed by atoms with Gasteiger partial charge in [0.1, 0.15) is 42.7 Å². The Morgan fingerprint density at radius 3 is 1.42 bits per heavy atom. The van der Waals surface area contributed by atoms with E-state index >= 15 is 0 Å². The van der Waals surface area contributed by atoms with Crippen LogP contribution in [0.3, 0.4) is 0 Å². The van der Waals surface area contributed by atoms with Crippen LogP contribution in [0.15, 0.2) is 60.8 Å². The minimum Gasteiger partial charge on any atom is -0.457 e. The number of carbonyl (C=O) groups excluding carboxylic acids is 1. The Morgan fingerprint density at radius 1 is 0.516 bits per heavy atom. The van der Waals surface area contributed by atoms with Crippen LogP contribution in [0.1, 0.15) is 194 Å². The van der Waals surface area contributed by atoms with Crippen LogP contribution in [0, 0.1) is 0 Å². The van der Waals surface area contributed by atoms with Crippen LogP contribution in [-0.2, 0) is 27.9 Å². The van der Waals surface area contributed by atoms with Crippen molar-refractivity contribution in [2.75, 3.05) is 19.8 Å². The maximum Gasteiger partial charge on any atom is 0.472 e. The van der Waals surface area contributed by atoms with E-state index in [1.165, 1.54) is 70.6 Å². The van der Waals surface area contributed by atoms with Gasteiger partial charge < -0.3 is 39.9 Å². The van der Waals surface area contributed by atoms with E-state index in [1.54, 1.807) is 0 Å². The van der Waals surface area contributed by atoms with Gasteiger partial charge in [0.15, 0.2) is 0 Å². The molecule has 1 aliphatic carbocycles. The van der Waals surface area contributed by atoms with Crippen LogP contribution < -0.4 is 0 Å². The van der Waals surface area contributed by atoms with Crippen LogP contribution >= 0.6 is 7.82 Å². The van der Waals surface area contributed by atoms with E-state index in [4.69, 9.17) is 18.5 Å². The second-order valence-corrected chi connectivity index (χ2v) is 18.7. The van der Waals surface area contributed by atoms with Crippen molar-refractivity contribution in [2.24, 2.45) is 0 Å².